The Morgan fingerprint density at radius 2 is 2.38 bits per heavy atom. The maximum atomic E-state index is 12.4. The summed E-state index contributed by atoms with van der Waals surface area (Å²) in [7, 11) is 0. The van der Waals surface area contributed by atoms with Gasteiger partial charge in [0.05, 0.1) is 18.6 Å². The van der Waals surface area contributed by atoms with Gasteiger partial charge in [0.2, 0.25) is 5.91 Å². The number of fused-ring (bicyclic) bond motifs is 2. The lowest BCUT2D eigenvalue weighted by Crippen LogP contribution is -2.41. The smallest absolute Gasteiger partial charge is 0.243 e. The Bertz CT molecular complexity index is 674. The molecular formula is C13H17N7O. The molecular weight excluding hydrogens is 270 g/mol. The van der Waals surface area contributed by atoms with Gasteiger partial charge in [-0.2, -0.15) is 0 Å². The molecule has 1 atom stereocenters. The standard InChI is InChI=1S/C13H17N7O/c21-13(12-11-8(3-4-14-12)16-7-17-11)15-6-10-19-18-9-2-1-5-20(9)10/h7,12,14H,1-6H2,(H,15,21)(H,16,17)/t12-/m1/s1. The number of hydrogen-bond donors (Lipinski definition) is 3. The van der Waals surface area contributed by atoms with Gasteiger partial charge in [-0.15, -0.1) is 10.2 Å². The third kappa shape index (κ3) is 2.11. The van der Waals surface area contributed by atoms with Crippen LogP contribution in [0.2, 0.25) is 0 Å². The molecule has 0 aromatic carbocycles. The molecule has 2 aromatic rings. The molecule has 2 aliphatic heterocycles. The summed E-state index contributed by atoms with van der Waals surface area (Å²) < 4.78 is 2.09. The van der Waals surface area contributed by atoms with Crippen LogP contribution in [0.1, 0.15) is 35.5 Å². The van der Waals surface area contributed by atoms with E-state index >= 15 is 0 Å². The Morgan fingerprint density at radius 1 is 1.43 bits per heavy atom. The Kier molecular flexibility index (Phi) is 2.95. The molecule has 2 aliphatic rings. The largest absolute Gasteiger partial charge is 0.348 e. The summed E-state index contributed by atoms with van der Waals surface area (Å²) in [5, 5.41) is 14.4. The topological polar surface area (TPSA) is 101 Å². The third-order valence-corrected chi connectivity index (χ3v) is 4.12. The Morgan fingerprint density at radius 3 is 3.33 bits per heavy atom. The zero-order chi connectivity index (χ0) is 14.2. The van der Waals surface area contributed by atoms with Gasteiger partial charge in [0.1, 0.15) is 11.9 Å². The summed E-state index contributed by atoms with van der Waals surface area (Å²) in [5.74, 6) is 1.77. The highest BCUT2D eigenvalue weighted by atomic mass is 16.2. The van der Waals surface area contributed by atoms with Crippen LogP contribution in [-0.2, 0) is 30.7 Å². The lowest BCUT2D eigenvalue weighted by Gasteiger charge is -2.22. The van der Waals surface area contributed by atoms with E-state index in [4.69, 9.17) is 0 Å². The van der Waals surface area contributed by atoms with Crippen molar-refractivity contribution in [2.24, 2.45) is 0 Å². The number of aromatic nitrogens is 5. The van der Waals surface area contributed by atoms with Crippen molar-refractivity contribution in [3.63, 3.8) is 0 Å². The van der Waals surface area contributed by atoms with Gasteiger partial charge in [-0.1, -0.05) is 0 Å². The highest BCUT2D eigenvalue weighted by Gasteiger charge is 2.28. The molecule has 110 valence electrons. The maximum absolute atomic E-state index is 12.4. The first-order chi connectivity index (χ1) is 10.3. The number of aromatic amines is 1. The minimum Gasteiger partial charge on any atom is -0.348 e. The molecule has 0 unspecified atom stereocenters. The number of hydrogen-bond acceptors (Lipinski definition) is 5. The fraction of sp³-hybridized carbons (Fsp3) is 0.538. The van der Waals surface area contributed by atoms with Crippen molar-refractivity contribution in [1.82, 2.24) is 35.4 Å². The van der Waals surface area contributed by atoms with Crippen molar-refractivity contribution in [3.8, 4) is 0 Å². The first-order valence-corrected chi connectivity index (χ1v) is 7.27. The molecule has 1 amide bonds. The molecule has 0 spiro atoms. The number of rotatable bonds is 3. The molecule has 0 saturated carbocycles. The number of amides is 1. The van der Waals surface area contributed by atoms with E-state index in [9.17, 15) is 4.79 Å². The van der Waals surface area contributed by atoms with Crippen LogP contribution in [-0.4, -0.2) is 37.2 Å². The van der Waals surface area contributed by atoms with E-state index in [0.29, 0.717) is 6.54 Å². The number of aryl methyl sites for hydroxylation is 1. The van der Waals surface area contributed by atoms with Crippen LogP contribution < -0.4 is 10.6 Å². The number of carbonyl (C=O) groups excluding carboxylic acids is 1. The molecule has 21 heavy (non-hydrogen) atoms. The molecule has 8 heteroatoms. The average Bonchev–Trinajstić information content (AvgIpc) is 3.20. The van der Waals surface area contributed by atoms with Gasteiger partial charge in [-0.25, -0.2) is 4.98 Å². The summed E-state index contributed by atoms with van der Waals surface area (Å²) in [6.07, 6.45) is 4.59. The van der Waals surface area contributed by atoms with Crippen LogP contribution in [0.3, 0.4) is 0 Å². The van der Waals surface area contributed by atoms with Crippen LogP contribution in [0.15, 0.2) is 6.33 Å². The third-order valence-electron chi connectivity index (χ3n) is 4.12. The first-order valence-electron chi connectivity index (χ1n) is 7.27. The van der Waals surface area contributed by atoms with Crippen molar-refractivity contribution >= 4 is 5.91 Å². The van der Waals surface area contributed by atoms with Crippen LogP contribution >= 0.6 is 0 Å². The first kappa shape index (κ1) is 12.5. The Hall–Kier alpha value is -2.22. The van der Waals surface area contributed by atoms with Crippen LogP contribution in [0.4, 0.5) is 0 Å². The number of nitrogens with zero attached hydrogens (tertiary/aromatic N) is 4. The molecule has 3 N–H and O–H groups in total. The highest BCUT2D eigenvalue weighted by molar-refractivity contribution is 5.83. The lowest BCUT2D eigenvalue weighted by atomic mass is 10.1. The summed E-state index contributed by atoms with van der Waals surface area (Å²) >= 11 is 0. The van der Waals surface area contributed by atoms with Crippen LogP contribution in [0, 0.1) is 0 Å². The fourth-order valence-electron chi connectivity index (χ4n) is 3.05. The fourth-order valence-corrected chi connectivity index (χ4v) is 3.05. The maximum Gasteiger partial charge on any atom is 0.243 e. The van der Waals surface area contributed by atoms with E-state index < -0.39 is 0 Å². The quantitative estimate of drug-likeness (QED) is 0.703. The van der Waals surface area contributed by atoms with Gasteiger partial charge in [0.15, 0.2) is 5.82 Å². The molecule has 4 rings (SSSR count). The van der Waals surface area contributed by atoms with Gasteiger partial charge in [-0.3, -0.25) is 4.79 Å². The normalized spacial score (nSPS) is 20.1. The molecule has 2 aromatic heterocycles. The minimum absolute atomic E-state index is 0.0709. The Balaban J connectivity index is 1.45. The molecule has 0 radical (unpaired) electrons. The summed E-state index contributed by atoms with van der Waals surface area (Å²) in [6, 6.07) is -0.388. The Labute approximate surface area is 121 Å². The zero-order valence-corrected chi connectivity index (χ0v) is 11.6. The molecule has 0 fully saturated rings. The monoisotopic (exact) mass is 287 g/mol. The summed E-state index contributed by atoms with van der Waals surface area (Å²) in [4.78, 5) is 19.7. The van der Waals surface area contributed by atoms with Crippen molar-refractivity contribution in [1.29, 1.82) is 0 Å². The van der Waals surface area contributed by atoms with E-state index in [1.54, 1.807) is 6.33 Å². The molecule has 0 aliphatic carbocycles. The number of nitrogens with one attached hydrogen (secondary N) is 3. The predicted octanol–water partition coefficient (Wildman–Crippen LogP) is -0.549. The molecule has 4 heterocycles. The molecule has 0 bridgehead atoms. The van der Waals surface area contributed by atoms with E-state index in [1.807, 2.05) is 0 Å². The second kappa shape index (κ2) is 4.96. The molecule has 0 saturated heterocycles. The van der Waals surface area contributed by atoms with Gasteiger partial charge >= 0.3 is 0 Å². The van der Waals surface area contributed by atoms with E-state index in [0.717, 1.165) is 55.4 Å². The molecule has 8 nitrogen and oxygen atoms in total. The number of H-pyrrole nitrogens is 1. The van der Waals surface area contributed by atoms with Gasteiger partial charge < -0.3 is 20.2 Å². The van der Waals surface area contributed by atoms with Crippen LogP contribution in [0.5, 0.6) is 0 Å². The summed E-state index contributed by atoms with van der Waals surface area (Å²) in [5.41, 5.74) is 1.84. The van der Waals surface area contributed by atoms with E-state index in [-0.39, 0.29) is 11.9 Å². The second-order valence-electron chi connectivity index (χ2n) is 5.41. The second-order valence-corrected chi connectivity index (χ2v) is 5.41. The highest BCUT2D eigenvalue weighted by Crippen LogP contribution is 2.19. The average molecular weight is 287 g/mol. The zero-order valence-electron chi connectivity index (χ0n) is 11.6. The summed E-state index contributed by atoms with van der Waals surface area (Å²) in [6.45, 7) is 2.12. The number of imidazole rings is 1. The van der Waals surface area contributed by atoms with Crippen molar-refractivity contribution < 1.29 is 4.79 Å². The SMILES string of the molecule is O=C(NCc1nnc2n1CCC2)[C@@H]1NCCc2[nH]cnc21. The van der Waals surface area contributed by atoms with Gasteiger partial charge in [0, 0.05) is 31.6 Å². The van der Waals surface area contributed by atoms with E-state index in [2.05, 4.69) is 35.4 Å². The van der Waals surface area contributed by atoms with E-state index in [1.165, 1.54) is 0 Å². The van der Waals surface area contributed by atoms with Crippen molar-refractivity contribution in [3.05, 3.63) is 29.4 Å². The minimum atomic E-state index is -0.388. The van der Waals surface area contributed by atoms with Crippen molar-refractivity contribution in [2.45, 2.75) is 38.4 Å². The lowest BCUT2D eigenvalue weighted by molar-refractivity contribution is -0.123. The van der Waals surface area contributed by atoms with Gasteiger partial charge in [-0.05, 0) is 6.42 Å². The van der Waals surface area contributed by atoms with Crippen LogP contribution in [0.25, 0.3) is 0 Å². The number of carbonyl (C=O) groups is 1. The van der Waals surface area contributed by atoms with Crippen molar-refractivity contribution in [2.75, 3.05) is 6.54 Å². The van der Waals surface area contributed by atoms with Gasteiger partial charge in [0.25, 0.3) is 0 Å². The predicted molar refractivity (Wildman–Crippen MR) is 73.2 cm³/mol.